The van der Waals surface area contributed by atoms with Crippen molar-refractivity contribution in [3.05, 3.63) is 28.5 Å². The molecule has 2 rings (SSSR count). The van der Waals surface area contributed by atoms with Gasteiger partial charge in [-0.3, -0.25) is 4.79 Å². The van der Waals surface area contributed by atoms with Crippen LogP contribution in [0.2, 0.25) is 5.15 Å². The Labute approximate surface area is 124 Å². The van der Waals surface area contributed by atoms with E-state index in [1.54, 1.807) is 24.1 Å². The molecule has 0 aromatic carbocycles. The van der Waals surface area contributed by atoms with Gasteiger partial charge in [0.25, 0.3) is 5.91 Å². The molecule has 4 nitrogen and oxygen atoms in total. The lowest BCUT2D eigenvalue weighted by atomic mass is 10.0. The van der Waals surface area contributed by atoms with Gasteiger partial charge in [-0.25, -0.2) is 4.98 Å². The highest BCUT2D eigenvalue weighted by Crippen LogP contribution is 2.30. The van der Waals surface area contributed by atoms with Crippen LogP contribution in [0.25, 0.3) is 0 Å². The molecule has 0 atom stereocenters. The standard InChI is InChI=1S/C15H21ClN2O2/c1-3-12-8-11(9-13(16)17-12)14(19)18(2)10-15(20)6-4-5-7-15/h8-9,20H,3-7,10H2,1-2H3. The Balaban J connectivity index is 2.12. The van der Waals surface area contributed by atoms with Gasteiger partial charge in [-0.1, -0.05) is 31.4 Å². The Morgan fingerprint density at radius 3 is 2.70 bits per heavy atom. The third kappa shape index (κ3) is 3.49. The Hall–Kier alpha value is -1.13. The van der Waals surface area contributed by atoms with Gasteiger partial charge in [0.05, 0.1) is 5.60 Å². The number of amides is 1. The molecule has 1 N–H and O–H groups in total. The minimum atomic E-state index is -0.727. The van der Waals surface area contributed by atoms with Crippen molar-refractivity contribution in [2.45, 2.75) is 44.6 Å². The number of aryl methyl sites for hydroxylation is 1. The molecule has 0 saturated heterocycles. The highest BCUT2D eigenvalue weighted by atomic mass is 35.5. The minimum Gasteiger partial charge on any atom is -0.388 e. The molecule has 1 aromatic heterocycles. The maximum Gasteiger partial charge on any atom is 0.253 e. The quantitative estimate of drug-likeness (QED) is 0.869. The molecule has 5 heteroatoms. The number of rotatable bonds is 4. The molecule has 1 aromatic rings. The van der Waals surface area contributed by atoms with E-state index in [9.17, 15) is 9.90 Å². The monoisotopic (exact) mass is 296 g/mol. The van der Waals surface area contributed by atoms with Crippen LogP contribution in [0, 0.1) is 0 Å². The molecule has 110 valence electrons. The second-order valence-electron chi connectivity index (χ2n) is 5.62. The van der Waals surface area contributed by atoms with Crippen molar-refractivity contribution in [3.63, 3.8) is 0 Å². The Morgan fingerprint density at radius 2 is 2.10 bits per heavy atom. The van der Waals surface area contributed by atoms with Crippen molar-refractivity contribution < 1.29 is 9.90 Å². The number of halogens is 1. The van der Waals surface area contributed by atoms with Gasteiger partial charge in [-0.15, -0.1) is 0 Å². The molecule has 0 spiro atoms. The minimum absolute atomic E-state index is 0.121. The van der Waals surface area contributed by atoms with E-state index in [1.807, 2.05) is 6.92 Å². The number of hydrogen-bond donors (Lipinski definition) is 1. The summed E-state index contributed by atoms with van der Waals surface area (Å²) in [6, 6.07) is 3.35. The van der Waals surface area contributed by atoms with Crippen LogP contribution in [0.1, 0.15) is 48.7 Å². The van der Waals surface area contributed by atoms with E-state index in [2.05, 4.69) is 4.98 Å². The first-order valence-corrected chi connectivity index (χ1v) is 7.45. The van der Waals surface area contributed by atoms with Gasteiger partial charge in [0, 0.05) is 24.8 Å². The van der Waals surface area contributed by atoms with Gasteiger partial charge >= 0.3 is 0 Å². The van der Waals surface area contributed by atoms with Gasteiger partial charge in [-0.2, -0.15) is 0 Å². The predicted molar refractivity (Wildman–Crippen MR) is 79.0 cm³/mol. The molecule has 20 heavy (non-hydrogen) atoms. The first-order valence-electron chi connectivity index (χ1n) is 7.08. The predicted octanol–water partition coefficient (Wildman–Crippen LogP) is 2.67. The normalized spacial score (nSPS) is 17.2. The molecule has 0 unspecified atom stereocenters. The summed E-state index contributed by atoms with van der Waals surface area (Å²) in [6.07, 6.45) is 4.32. The van der Waals surface area contributed by atoms with E-state index >= 15 is 0 Å². The van der Waals surface area contributed by atoms with Crippen molar-refractivity contribution in [1.29, 1.82) is 0 Å². The summed E-state index contributed by atoms with van der Waals surface area (Å²) in [4.78, 5) is 18.2. The Kier molecular flexibility index (Phi) is 4.66. The number of hydrogen-bond acceptors (Lipinski definition) is 3. The molecule has 1 heterocycles. The molecular formula is C15H21ClN2O2. The zero-order valence-electron chi connectivity index (χ0n) is 12.0. The van der Waals surface area contributed by atoms with Gasteiger partial charge in [-0.05, 0) is 31.4 Å². The molecule has 0 radical (unpaired) electrons. The van der Waals surface area contributed by atoms with Crippen LogP contribution in [-0.4, -0.2) is 40.1 Å². The van der Waals surface area contributed by atoms with Crippen LogP contribution in [0.4, 0.5) is 0 Å². The van der Waals surface area contributed by atoms with Crippen molar-refractivity contribution >= 4 is 17.5 Å². The maximum absolute atomic E-state index is 12.4. The van der Waals surface area contributed by atoms with E-state index < -0.39 is 5.60 Å². The average Bonchev–Trinajstić information content (AvgIpc) is 2.83. The molecule has 1 aliphatic rings. The Bertz CT molecular complexity index is 499. The van der Waals surface area contributed by atoms with Gasteiger partial charge in [0.2, 0.25) is 0 Å². The van der Waals surface area contributed by atoms with Crippen LogP contribution in [0.5, 0.6) is 0 Å². The van der Waals surface area contributed by atoms with Crippen LogP contribution in [-0.2, 0) is 6.42 Å². The largest absolute Gasteiger partial charge is 0.388 e. The molecule has 1 saturated carbocycles. The summed E-state index contributed by atoms with van der Waals surface area (Å²) in [5.74, 6) is -0.121. The number of likely N-dealkylation sites (N-methyl/N-ethyl adjacent to an activating group) is 1. The summed E-state index contributed by atoms with van der Waals surface area (Å²) in [5.41, 5.74) is 0.606. The lowest BCUT2D eigenvalue weighted by Gasteiger charge is -2.28. The maximum atomic E-state index is 12.4. The third-order valence-electron chi connectivity index (χ3n) is 3.87. The van der Waals surface area contributed by atoms with Gasteiger partial charge < -0.3 is 10.0 Å². The van der Waals surface area contributed by atoms with Gasteiger partial charge in [0.1, 0.15) is 5.15 Å². The zero-order valence-corrected chi connectivity index (χ0v) is 12.8. The Morgan fingerprint density at radius 1 is 1.45 bits per heavy atom. The summed E-state index contributed by atoms with van der Waals surface area (Å²) in [5, 5.41) is 10.7. The van der Waals surface area contributed by atoms with Crippen LogP contribution in [0.3, 0.4) is 0 Å². The fourth-order valence-electron chi connectivity index (χ4n) is 2.78. The molecule has 1 amide bonds. The van der Waals surface area contributed by atoms with E-state index in [0.717, 1.165) is 37.8 Å². The SMILES string of the molecule is CCc1cc(C(=O)N(C)CC2(O)CCCC2)cc(Cl)n1. The third-order valence-corrected chi connectivity index (χ3v) is 4.06. The van der Waals surface area contributed by atoms with Crippen molar-refractivity contribution in [1.82, 2.24) is 9.88 Å². The number of aliphatic hydroxyl groups is 1. The fraction of sp³-hybridized carbons (Fsp3) is 0.600. The van der Waals surface area contributed by atoms with E-state index in [1.165, 1.54) is 0 Å². The fourth-order valence-corrected chi connectivity index (χ4v) is 3.01. The molecular weight excluding hydrogens is 276 g/mol. The first-order chi connectivity index (χ1) is 9.43. The van der Waals surface area contributed by atoms with Crippen molar-refractivity contribution in [3.8, 4) is 0 Å². The highest BCUT2D eigenvalue weighted by Gasteiger charge is 2.33. The van der Waals surface area contributed by atoms with Gasteiger partial charge in [0.15, 0.2) is 0 Å². The molecule has 0 bridgehead atoms. The number of carbonyl (C=O) groups excluding carboxylic acids is 1. The highest BCUT2D eigenvalue weighted by molar-refractivity contribution is 6.29. The van der Waals surface area contributed by atoms with E-state index in [-0.39, 0.29) is 5.91 Å². The first kappa shape index (κ1) is 15.3. The topological polar surface area (TPSA) is 53.4 Å². The smallest absolute Gasteiger partial charge is 0.253 e. The second-order valence-corrected chi connectivity index (χ2v) is 6.00. The van der Waals surface area contributed by atoms with Crippen LogP contribution < -0.4 is 0 Å². The van der Waals surface area contributed by atoms with E-state index in [4.69, 9.17) is 11.6 Å². The summed E-state index contributed by atoms with van der Waals surface area (Å²) in [6.45, 7) is 2.34. The number of pyridine rings is 1. The lowest BCUT2D eigenvalue weighted by Crippen LogP contribution is -2.42. The van der Waals surface area contributed by atoms with Crippen LogP contribution >= 0.6 is 11.6 Å². The number of nitrogens with zero attached hydrogens (tertiary/aromatic N) is 2. The van der Waals surface area contributed by atoms with Crippen molar-refractivity contribution in [2.24, 2.45) is 0 Å². The molecule has 1 fully saturated rings. The van der Waals surface area contributed by atoms with E-state index in [0.29, 0.717) is 17.3 Å². The number of aromatic nitrogens is 1. The molecule has 1 aliphatic carbocycles. The van der Waals surface area contributed by atoms with Crippen molar-refractivity contribution in [2.75, 3.05) is 13.6 Å². The lowest BCUT2D eigenvalue weighted by molar-refractivity contribution is 0.0156. The second kappa shape index (κ2) is 6.10. The zero-order chi connectivity index (χ0) is 14.8. The van der Waals surface area contributed by atoms with Crippen LogP contribution in [0.15, 0.2) is 12.1 Å². The summed E-state index contributed by atoms with van der Waals surface area (Å²) >= 11 is 5.94. The molecule has 0 aliphatic heterocycles. The number of carbonyl (C=O) groups is 1. The summed E-state index contributed by atoms with van der Waals surface area (Å²) in [7, 11) is 1.72. The summed E-state index contributed by atoms with van der Waals surface area (Å²) < 4.78 is 0. The average molecular weight is 297 g/mol.